The number of hydrogen-bond acceptors (Lipinski definition) is 2. The molecular formula is C16H27NS. The van der Waals surface area contributed by atoms with Crippen LogP contribution < -0.4 is 5.32 Å². The molecule has 1 heterocycles. The second-order valence-corrected chi connectivity index (χ2v) is 6.83. The van der Waals surface area contributed by atoms with Crippen LogP contribution in [0.2, 0.25) is 0 Å². The van der Waals surface area contributed by atoms with Crippen LogP contribution in [0.5, 0.6) is 0 Å². The van der Waals surface area contributed by atoms with Crippen molar-refractivity contribution in [3.63, 3.8) is 0 Å². The van der Waals surface area contributed by atoms with E-state index in [4.69, 9.17) is 0 Å². The minimum absolute atomic E-state index is 0.740. The first-order valence-electron chi connectivity index (χ1n) is 7.55. The molecule has 1 saturated carbocycles. The van der Waals surface area contributed by atoms with Gasteiger partial charge in [0.2, 0.25) is 0 Å². The first kappa shape index (κ1) is 14.1. The van der Waals surface area contributed by atoms with Crippen molar-refractivity contribution in [2.45, 2.75) is 58.4 Å². The van der Waals surface area contributed by atoms with Crippen LogP contribution in [-0.4, -0.2) is 12.6 Å². The SMILES string of the molecule is CCNC(CCc1cccs1)C1CCC(C)CC1. The fourth-order valence-electron chi connectivity index (χ4n) is 3.21. The van der Waals surface area contributed by atoms with Crippen molar-refractivity contribution in [1.82, 2.24) is 5.32 Å². The Morgan fingerprint density at radius 1 is 1.33 bits per heavy atom. The Balaban J connectivity index is 1.83. The topological polar surface area (TPSA) is 12.0 Å². The van der Waals surface area contributed by atoms with Crippen molar-refractivity contribution in [3.05, 3.63) is 22.4 Å². The molecule has 0 saturated heterocycles. The summed E-state index contributed by atoms with van der Waals surface area (Å²) in [5, 5.41) is 5.93. The number of thiophene rings is 1. The Hall–Kier alpha value is -0.340. The molecule has 102 valence electrons. The summed E-state index contributed by atoms with van der Waals surface area (Å²) < 4.78 is 0. The maximum atomic E-state index is 3.73. The van der Waals surface area contributed by atoms with E-state index < -0.39 is 0 Å². The largest absolute Gasteiger partial charge is 0.314 e. The Labute approximate surface area is 116 Å². The van der Waals surface area contributed by atoms with Crippen molar-refractivity contribution in [2.75, 3.05) is 6.54 Å². The summed E-state index contributed by atoms with van der Waals surface area (Å²) >= 11 is 1.90. The lowest BCUT2D eigenvalue weighted by atomic mass is 9.78. The van der Waals surface area contributed by atoms with E-state index in [1.807, 2.05) is 11.3 Å². The summed E-state index contributed by atoms with van der Waals surface area (Å²) in [5.41, 5.74) is 0. The zero-order valence-corrected chi connectivity index (χ0v) is 12.6. The van der Waals surface area contributed by atoms with Crippen LogP contribution in [-0.2, 0) is 6.42 Å². The lowest BCUT2D eigenvalue weighted by molar-refractivity contribution is 0.224. The van der Waals surface area contributed by atoms with E-state index in [0.717, 1.165) is 24.4 Å². The Kier molecular flexibility index (Phi) is 5.71. The first-order valence-corrected chi connectivity index (χ1v) is 8.43. The average molecular weight is 265 g/mol. The van der Waals surface area contributed by atoms with Crippen LogP contribution in [0, 0.1) is 11.8 Å². The standard InChI is InChI=1S/C16H27NS/c1-3-17-16(11-10-15-5-4-12-18-15)14-8-6-13(2)7-9-14/h4-5,12-14,16-17H,3,6-11H2,1-2H3. The molecule has 1 atom stereocenters. The summed E-state index contributed by atoms with van der Waals surface area (Å²) in [4.78, 5) is 1.54. The van der Waals surface area contributed by atoms with Crippen molar-refractivity contribution < 1.29 is 0 Å². The van der Waals surface area contributed by atoms with Crippen molar-refractivity contribution in [3.8, 4) is 0 Å². The predicted molar refractivity (Wildman–Crippen MR) is 81.2 cm³/mol. The van der Waals surface area contributed by atoms with Crippen LogP contribution in [0.1, 0.15) is 50.8 Å². The molecule has 18 heavy (non-hydrogen) atoms. The first-order chi connectivity index (χ1) is 8.79. The zero-order valence-electron chi connectivity index (χ0n) is 11.8. The van der Waals surface area contributed by atoms with E-state index in [1.165, 1.54) is 38.5 Å². The summed E-state index contributed by atoms with van der Waals surface area (Å²) in [7, 11) is 0. The second-order valence-electron chi connectivity index (χ2n) is 5.80. The van der Waals surface area contributed by atoms with Crippen LogP contribution in [0.4, 0.5) is 0 Å². The van der Waals surface area contributed by atoms with Crippen LogP contribution in [0.15, 0.2) is 17.5 Å². The highest BCUT2D eigenvalue weighted by atomic mass is 32.1. The van der Waals surface area contributed by atoms with Gasteiger partial charge in [-0.05, 0) is 55.5 Å². The number of nitrogens with one attached hydrogen (secondary N) is 1. The van der Waals surface area contributed by atoms with Gasteiger partial charge in [-0.25, -0.2) is 0 Å². The minimum Gasteiger partial charge on any atom is -0.314 e. The molecule has 1 aromatic heterocycles. The van der Waals surface area contributed by atoms with Gasteiger partial charge < -0.3 is 5.32 Å². The van der Waals surface area contributed by atoms with Crippen LogP contribution in [0.3, 0.4) is 0 Å². The Morgan fingerprint density at radius 2 is 2.11 bits per heavy atom. The summed E-state index contributed by atoms with van der Waals surface area (Å²) in [6.07, 6.45) is 8.30. The highest BCUT2D eigenvalue weighted by molar-refractivity contribution is 7.09. The van der Waals surface area contributed by atoms with E-state index in [-0.39, 0.29) is 0 Å². The molecule has 1 nitrogen and oxygen atoms in total. The second kappa shape index (κ2) is 7.30. The number of rotatable bonds is 6. The predicted octanol–water partition coefficient (Wildman–Crippen LogP) is 4.49. The minimum atomic E-state index is 0.740. The smallest absolute Gasteiger partial charge is 0.00986 e. The normalized spacial score (nSPS) is 26.1. The highest BCUT2D eigenvalue weighted by Gasteiger charge is 2.25. The van der Waals surface area contributed by atoms with Crippen LogP contribution in [0.25, 0.3) is 0 Å². The molecule has 2 heteroatoms. The van der Waals surface area contributed by atoms with Gasteiger partial charge in [-0.2, -0.15) is 0 Å². The van der Waals surface area contributed by atoms with Gasteiger partial charge in [0.25, 0.3) is 0 Å². The van der Waals surface area contributed by atoms with E-state index in [0.29, 0.717) is 0 Å². The summed E-state index contributed by atoms with van der Waals surface area (Å²) in [6, 6.07) is 5.19. The molecule has 1 aliphatic carbocycles. The number of aryl methyl sites for hydroxylation is 1. The molecule has 0 aliphatic heterocycles. The zero-order chi connectivity index (χ0) is 12.8. The molecule has 0 spiro atoms. The molecule has 0 bridgehead atoms. The molecule has 1 aliphatic rings. The molecule has 2 rings (SSSR count). The molecule has 1 aromatic rings. The Morgan fingerprint density at radius 3 is 2.72 bits per heavy atom. The van der Waals surface area contributed by atoms with E-state index >= 15 is 0 Å². The molecule has 0 aromatic carbocycles. The van der Waals surface area contributed by atoms with Gasteiger partial charge in [-0.15, -0.1) is 11.3 Å². The maximum absolute atomic E-state index is 3.73. The van der Waals surface area contributed by atoms with Gasteiger partial charge in [0.05, 0.1) is 0 Å². The summed E-state index contributed by atoms with van der Waals surface area (Å²) in [6.45, 7) is 5.76. The fourth-order valence-corrected chi connectivity index (χ4v) is 3.93. The Bertz CT molecular complexity index is 312. The van der Waals surface area contributed by atoms with E-state index in [1.54, 1.807) is 4.88 Å². The van der Waals surface area contributed by atoms with Gasteiger partial charge in [0.1, 0.15) is 0 Å². The van der Waals surface area contributed by atoms with Gasteiger partial charge in [-0.3, -0.25) is 0 Å². The van der Waals surface area contributed by atoms with Gasteiger partial charge in [0.15, 0.2) is 0 Å². The third kappa shape index (κ3) is 4.10. The lowest BCUT2D eigenvalue weighted by Gasteiger charge is -2.33. The van der Waals surface area contributed by atoms with Crippen molar-refractivity contribution in [1.29, 1.82) is 0 Å². The average Bonchev–Trinajstić information content (AvgIpc) is 2.89. The molecule has 0 amide bonds. The van der Waals surface area contributed by atoms with Gasteiger partial charge in [-0.1, -0.05) is 32.8 Å². The monoisotopic (exact) mass is 265 g/mol. The summed E-state index contributed by atoms with van der Waals surface area (Å²) in [5.74, 6) is 1.88. The molecule has 1 fully saturated rings. The lowest BCUT2D eigenvalue weighted by Crippen LogP contribution is -2.38. The molecular weight excluding hydrogens is 238 g/mol. The molecule has 0 radical (unpaired) electrons. The van der Waals surface area contributed by atoms with E-state index in [2.05, 4.69) is 36.7 Å². The third-order valence-corrected chi connectivity index (χ3v) is 5.31. The fraction of sp³-hybridized carbons (Fsp3) is 0.750. The van der Waals surface area contributed by atoms with E-state index in [9.17, 15) is 0 Å². The van der Waals surface area contributed by atoms with Crippen LogP contribution >= 0.6 is 11.3 Å². The van der Waals surface area contributed by atoms with Gasteiger partial charge >= 0.3 is 0 Å². The molecule has 1 N–H and O–H groups in total. The van der Waals surface area contributed by atoms with Crippen molar-refractivity contribution in [2.24, 2.45) is 11.8 Å². The highest BCUT2D eigenvalue weighted by Crippen LogP contribution is 2.32. The maximum Gasteiger partial charge on any atom is 0.00986 e. The van der Waals surface area contributed by atoms with Gasteiger partial charge in [0, 0.05) is 10.9 Å². The molecule has 1 unspecified atom stereocenters. The quantitative estimate of drug-likeness (QED) is 0.799. The van der Waals surface area contributed by atoms with Crippen molar-refractivity contribution >= 4 is 11.3 Å². The number of hydrogen-bond donors (Lipinski definition) is 1. The third-order valence-electron chi connectivity index (χ3n) is 4.38.